The van der Waals surface area contributed by atoms with Crippen molar-refractivity contribution in [2.45, 2.75) is 32.2 Å². The number of rotatable bonds is 5. The molecular formula is C23H25N3O. The van der Waals surface area contributed by atoms with Gasteiger partial charge in [-0.15, -0.1) is 0 Å². The van der Waals surface area contributed by atoms with Gasteiger partial charge < -0.3 is 0 Å². The van der Waals surface area contributed by atoms with Gasteiger partial charge in [-0.3, -0.25) is 9.69 Å². The van der Waals surface area contributed by atoms with Crippen molar-refractivity contribution >= 4 is 17.4 Å². The first-order chi connectivity index (χ1) is 13.2. The zero-order valence-corrected chi connectivity index (χ0v) is 15.7. The van der Waals surface area contributed by atoms with Gasteiger partial charge in [-0.2, -0.15) is 5.10 Å². The molecule has 1 unspecified atom stereocenters. The molecule has 4 nitrogen and oxygen atoms in total. The molecule has 1 fully saturated rings. The summed E-state index contributed by atoms with van der Waals surface area (Å²) in [4.78, 5) is 15.1. The van der Waals surface area contributed by atoms with Crippen LogP contribution in [0.1, 0.15) is 31.7 Å². The van der Waals surface area contributed by atoms with Crippen molar-refractivity contribution in [1.82, 2.24) is 14.5 Å². The molecule has 4 heteroatoms. The van der Waals surface area contributed by atoms with Crippen LogP contribution in [0.4, 0.5) is 0 Å². The Balaban J connectivity index is 1.66. The summed E-state index contributed by atoms with van der Waals surface area (Å²) in [6, 6.07) is 16.1. The summed E-state index contributed by atoms with van der Waals surface area (Å²) in [6.07, 6.45) is 9.26. The second-order valence-corrected chi connectivity index (χ2v) is 7.17. The lowest BCUT2D eigenvalue weighted by Crippen LogP contribution is -2.41. The first kappa shape index (κ1) is 17.7. The molecule has 1 saturated heterocycles. The summed E-state index contributed by atoms with van der Waals surface area (Å²) >= 11 is 0. The summed E-state index contributed by atoms with van der Waals surface area (Å²) < 4.78 is 1.88. The fraction of sp³-hybridized carbons (Fsp3) is 0.304. The minimum Gasteiger partial charge on any atom is -0.294 e. The van der Waals surface area contributed by atoms with Gasteiger partial charge in [-0.25, -0.2) is 4.52 Å². The molecule has 0 saturated carbocycles. The quantitative estimate of drug-likeness (QED) is 0.631. The number of hydrogen-bond acceptors (Lipinski definition) is 3. The zero-order chi connectivity index (χ0) is 18.6. The normalized spacial score (nSPS) is 16.8. The molecule has 27 heavy (non-hydrogen) atoms. The highest BCUT2D eigenvalue weighted by atomic mass is 16.1. The van der Waals surface area contributed by atoms with Gasteiger partial charge in [-0.1, -0.05) is 42.8 Å². The highest BCUT2D eigenvalue weighted by Crippen LogP contribution is 2.27. The van der Waals surface area contributed by atoms with E-state index in [1.165, 1.54) is 19.3 Å². The Kier molecular flexibility index (Phi) is 5.16. The van der Waals surface area contributed by atoms with E-state index in [4.69, 9.17) is 5.10 Å². The maximum absolute atomic E-state index is 12.8. The molecule has 4 rings (SSSR count). The predicted octanol–water partition coefficient (Wildman–Crippen LogP) is 4.46. The molecule has 3 aromatic rings. The molecule has 1 aliphatic rings. The highest BCUT2D eigenvalue weighted by Gasteiger charge is 2.21. The topological polar surface area (TPSA) is 37.6 Å². The van der Waals surface area contributed by atoms with Crippen molar-refractivity contribution in [3.63, 3.8) is 0 Å². The number of hydrogen-bond donors (Lipinski definition) is 0. The predicted molar refractivity (Wildman–Crippen MR) is 110 cm³/mol. The van der Waals surface area contributed by atoms with Crippen LogP contribution in [0.15, 0.2) is 60.8 Å². The van der Waals surface area contributed by atoms with Crippen LogP contribution in [0.25, 0.3) is 22.9 Å². The van der Waals surface area contributed by atoms with E-state index in [9.17, 15) is 4.79 Å². The second kappa shape index (κ2) is 7.89. The molecule has 2 aromatic heterocycles. The van der Waals surface area contributed by atoms with Gasteiger partial charge in [0.15, 0.2) is 5.78 Å². The monoisotopic (exact) mass is 359 g/mol. The number of ketones is 1. The molecule has 0 bridgehead atoms. The number of nitrogens with zero attached hydrogens (tertiary/aromatic N) is 3. The largest absolute Gasteiger partial charge is 0.294 e. The lowest BCUT2D eigenvalue weighted by Gasteiger charge is -2.30. The average molecular weight is 359 g/mol. The summed E-state index contributed by atoms with van der Waals surface area (Å²) in [5, 5.41) is 4.74. The Labute approximate surface area is 160 Å². The molecule has 138 valence electrons. The number of fused-ring (bicyclic) bond motifs is 1. The Bertz CT molecular complexity index is 952. The zero-order valence-electron chi connectivity index (χ0n) is 15.7. The molecular weight excluding hydrogens is 334 g/mol. The lowest BCUT2D eigenvalue weighted by atomic mass is 10.0. The number of pyridine rings is 1. The minimum atomic E-state index is -0.0661. The van der Waals surface area contributed by atoms with E-state index in [0.29, 0.717) is 0 Å². The molecule has 0 spiro atoms. The van der Waals surface area contributed by atoms with Crippen LogP contribution in [0.3, 0.4) is 0 Å². The van der Waals surface area contributed by atoms with Gasteiger partial charge in [0.2, 0.25) is 0 Å². The molecule has 0 radical (unpaired) electrons. The van der Waals surface area contributed by atoms with Crippen molar-refractivity contribution < 1.29 is 4.79 Å². The van der Waals surface area contributed by atoms with E-state index in [2.05, 4.69) is 17.0 Å². The summed E-state index contributed by atoms with van der Waals surface area (Å²) in [7, 11) is 0. The number of benzene rings is 1. The van der Waals surface area contributed by atoms with Crippen molar-refractivity contribution in [3.8, 4) is 11.3 Å². The van der Waals surface area contributed by atoms with Gasteiger partial charge in [0.05, 0.1) is 11.6 Å². The third-order valence-corrected chi connectivity index (χ3v) is 5.39. The van der Waals surface area contributed by atoms with Crippen LogP contribution in [-0.4, -0.2) is 39.4 Å². The second-order valence-electron chi connectivity index (χ2n) is 7.17. The van der Waals surface area contributed by atoms with Gasteiger partial charge in [0, 0.05) is 17.3 Å². The first-order valence-corrected chi connectivity index (χ1v) is 9.73. The molecule has 0 aliphatic carbocycles. The first-order valence-electron chi connectivity index (χ1n) is 9.73. The van der Waals surface area contributed by atoms with Crippen LogP contribution in [0, 0.1) is 0 Å². The van der Waals surface area contributed by atoms with Crippen LogP contribution in [0.2, 0.25) is 0 Å². The third-order valence-electron chi connectivity index (χ3n) is 5.39. The fourth-order valence-electron chi connectivity index (χ4n) is 3.78. The molecule has 1 aromatic carbocycles. The van der Waals surface area contributed by atoms with Gasteiger partial charge in [0.1, 0.15) is 5.69 Å². The molecule has 3 heterocycles. The van der Waals surface area contributed by atoms with Crippen LogP contribution in [-0.2, 0) is 4.79 Å². The molecule has 0 amide bonds. The Morgan fingerprint density at radius 3 is 2.56 bits per heavy atom. The van der Waals surface area contributed by atoms with Gasteiger partial charge in [0.25, 0.3) is 0 Å². The number of piperidine rings is 1. The van der Waals surface area contributed by atoms with Crippen LogP contribution >= 0.6 is 0 Å². The van der Waals surface area contributed by atoms with Crippen molar-refractivity contribution in [2.24, 2.45) is 0 Å². The van der Waals surface area contributed by atoms with E-state index in [1.54, 1.807) is 6.08 Å². The number of carbonyl (C=O) groups is 1. The highest BCUT2D eigenvalue weighted by molar-refractivity contribution is 5.99. The molecule has 1 atom stereocenters. The van der Waals surface area contributed by atoms with Crippen LogP contribution < -0.4 is 0 Å². The number of carbonyl (C=O) groups excluding carboxylic acids is 1. The van der Waals surface area contributed by atoms with E-state index in [1.807, 2.05) is 60.1 Å². The SMILES string of the molecule is CC(C(=O)C=Cc1c(-c2ccccc2)nn2ccccc12)N1CCCCC1. The number of aromatic nitrogens is 2. The van der Waals surface area contributed by atoms with Crippen molar-refractivity contribution in [2.75, 3.05) is 13.1 Å². The van der Waals surface area contributed by atoms with Gasteiger partial charge >= 0.3 is 0 Å². The smallest absolute Gasteiger partial charge is 0.172 e. The summed E-state index contributed by atoms with van der Waals surface area (Å²) in [5.74, 6) is 0.159. The van der Waals surface area contributed by atoms with Crippen LogP contribution in [0.5, 0.6) is 0 Å². The summed E-state index contributed by atoms with van der Waals surface area (Å²) in [6.45, 7) is 4.06. The van der Waals surface area contributed by atoms with E-state index < -0.39 is 0 Å². The fourth-order valence-corrected chi connectivity index (χ4v) is 3.78. The maximum Gasteiger partial charge on any atom is 0.172 e. The Hall–Kier alpha value is -2.72. The summed E-state index contributed by atoms with van der Waals surface area (Å²) in [5.41, 5.74) is 3.95. The molecule has 0 N–H and O–H groups in total. The van der Waals surface area contributed by atoms with E-state index >= 15 is 0 Å². The standard InChI is InChI=1S/C23H25N3O/c1-18(25-15-7-3-8-16-25)22(27)14-13-20-21-12-6-9-17-26(21)24-23(20)19-10-4-2-5-11-19/h2,4-6,9-14,17-18H,3,7-8,15-16H2,1H3. The third kappa shape index (κ3) is 3.71. The van der Waals surface area contributed by atoms with E-state index in [0.717, 1.165) is 35.4 Å². The van der Waals surface area contributed by atoms with E-state index in [-0.39, 0.29) is 11.8 Å². The lowest BCUT2D eigenvalue weighted by molar-refractivity contribution is -0.119. The Morgan fingerprint density at radius 2 is 1.78 bits per heavy atom. The van der Waals surface area contributed by atoms with Gasteiger partial charge in [-0.05, 0) is 57.1 Å². The maximum atomic E-state index is 12.8. The molecule has 1 aliphatic heterocycles. The minimum absolute atomic E-state index is 0.0661. The van der Waals surface area contributed by atoms with Crippen molar-refractivity contribution in [1.29, 1.82) is 0 Å². The Morgan fingerprint density at radius 1 is 1.04 bits per heavy atom. The van der Waals surface area contributed by atoms with Crippen molar-refractivity contribution in [3.05, 3.63) is 66.4 Å². The number of likely N-dealkylation sites (tertiary alicyclic amines) is 1. The average Bonchev–Trinajstić information content (AvgIpc) is 3.11.